The van der Waals surface area contributed by atoms with Crippen molar-refractivity contribution in [3.63, 3.8) is 0 Å². The zero-order valence-corrected chi connectivity index (χ0v) is 17.3. The van der Waals surface area contributed by atoms with E-state index in [1.807, 2.05) is 0 Å². The highest BCUT2D eigenvalue weighted by Crippen LogP contribution is 2.17. The molecule has 0 aliphatic heterocycles. The van der Waals surface area contributed by atoms with Crippen molar-refractivity contribution in [3.8, 4) is 0 Å². The molecule has 0 aromatic heterocycles. The van der Waals surface area contributed by atoms with Crippen molar-refractivity contribution in [2.75, 3.05) is 0 Å². The molecular weight excluding hydrogens is 312 g/mol. The molecule has 0 unspecified atom stereocenters. The van der Waals surface area contributed by atoms with Gasteiger partial charge >= 0.3 is 5.97 Å². The average Bonchev–Trinajstić information content (AvgIpc) is 2.50. The summed E-state index contributed by atoms with van der Waals surface area (Å²) in [4.78, 5) is 22.9. The molecule has 0 amide bonds. The van der Waals surface area contributed by atoms with Crippen LogP contribution in [0.4, 0.5) is 0 Å². The molecule has 0 aliphatic carbocycles. The molecule has 0 fully saturated rings. The summed E-state index contributed by atoms with van der Waals surface area (Å²) in [7, 11) is 0. The summed E-state index contributed by atoms with van der Waals surface area (Å²) in [6, 6.07) is 0. The molecule has 0 bridgehead atoms. The summed E-state index contributed by atoms with van der Waals surface area (Å²) < 4.78 is 5.40. The molecule has 148 valence electrons. The summed E-state index contributed by atoms with van der Waals surface area (Å²) in [6.07, 6.45) is 17.6. The minimum atomic E-state index is -0.667. The van der Waals surface area contributed by atoms with E-state index < -0.39 is 5.60 Å². The molecule has 0 radical (unpaired) electrons. The zero-order chi connectivity index (χ0) is 19.0. The van der Waals surface area contributed by atoms with Crippen LogP contribution in [0.1, 0.15) is 124 Å². The van der Waals surface area contributed by atoms with Crippen molar-refractivity contribution >= 4 is 11.8 Å². The second kappa shape index (κ2) is 15.4. The Hall–Kier alpha value is -0.860. The summed E-state index contributed by atoms with van der Waals surface area (Å²) in [5.41, 5.74) is -0.667. The molecule has 0 N–H and O–H groups in total. The highest BCUT2D eigenvalue weighted by Gasteiger charge is 2.24. The van der Waals surface area contributed by atoms with Crippen molar-refractivity contribution in [3.05, 3.63) is 0 Å². The average molecular weight is 355 g/mol. The van der Waals surface area contributed by atoms with Gasteiger partial charge < -0.3 is 4.74 Å². The van der Waals surface area contributed by atoms with Crippen molar-refractivity contribution in [2.45, 2.75) is 130 Å². The van der Waals surface area contributed by atoms with E-state index in [1.54, 1.807) is 13.8 Å². The van der Waals surface area contributed by atoms with Gasteiger partial charge in [0.15, 0.2) is 0 Å². The van der Waals surface area contributed by atoms with Gasteiger partial charge in [0, 0.05) is 12.8 Å². The number of hydrogen-bond acceptors (Lipinski definition) is 3. The van der Waals surface area contributed by atoms with E-state index in [0.717, 1.165) is 12.8 Å². The predicted molar refractivity (Wildman–Crippen MR) is 106 cm³/mol. The van der Waals surface area contributed by atoms with Crippen molar-refractivity contribution < 1.29 is 14.3 Å². The van der Waals surface area contributed by atoms with Crippen LogP contribution in [0.3, 0.4) is 0 Å². The number of carbonyl (C=O) groups is 2. The highest BCUT2D eigenvalue weighted by atomic mass is 16.6. The van der Waals surface area contributed by atoms with Crippen LogP contribution >= 0.6 is 0 Å². The quantitative estimate of drug-likeness (QED) is 0.214. The molecule has 0 heterocycles. The molecule has 0 aromatic rings. The Bertz CT molecular complexity index is 347. The Morgan fingerprint density at radius 3 is 1.52 bits per heavy atom. The smallest absolute Gasteiger partial charge is 0.306 e. The first kappa shape index (κ1) is 24.1. The lowest BCUT2D eigenvalue weighted by atomic mass is 10.0. The van der Waals surface area contributed by atoms with Crippen LogP contribution in [0.2, 0.25) is 0 Å². The van der Waals surface area contributed by atoms with E-state index in [1.165, 1.54) is 77.6 Å². The molecule has 3 heteroatoms. The Kier molecular flexibility index (Phi) is 14.9. The number of esters is 1. The number of ketones is 1. The van der Waals surface area contributed by atoms with Crippen molar-refractivity contribution in [1.29, 1.82) is 0 Å². The Labute approximate surface area is 156 Å². The fourth-order valence-electron chi connectivity index (χ4n) is 3.28. The monoisotopic (exact) mass is 354 g/mol. The molecule has 3 nitrogen and oxygen atoms in total. The molecule has 0 spiro atoms. The van der Waals surface area contributed by atoms with E-state index >= 15 is 0 Å². The zero-order valence-electron chi connectivity index (χ0n) is 17.3. The lowest BCUT2D eigenvalue weighted by molar-refractivity contribution is -0.158. The highest BCUT2D eigenvalue weighted by molar-refractivity contribution is 5.77. The van der Waals surface area contributed by atoms with Crippen LogP contribution in [0, 0.1) is 0 Å². The number of Topliss-reactive ketones (excluding diaryl/α,β-unsaturated/α-hetero) is 1. The lowest BCUT2D eigenvalue weighted by Gasteiger charge is -2.23. The van der Waals surface area contributed by atoms with E-state index in [9.17, 15) is 9.59 Å². The molecule has 0 saturated carbocycles. The van der Waals surface area contributed by atoms with Gasteiger partial charge in [0.2, 0.25) is 0 Å². The third-order valence-corrected chi connectivity index (χ3v) is 4.55. The Morgan fingerprint density at radius 1 is 0.720 bits per heavy atom. The van der Waals surface area contributed by atoms with Crippen LogP contribution in [0.5, 0.6) is 0 Å². The van der Waals surface area contributed by atoms with E-state index in [-0.39, 0.29) is 18.2 Å². The Balaban J connectivity index is 3.38. The second-order valence-electron chi connectivity index (χ2n) is 8.11. The van der Waals surface area contributed by atoms with Crippen molar-refractivity contribution in [1.82, 2.24) is 0 Å². The second-order valence-corrected chi connectivity index (χ2v) is 8.11. The van der Waals surface area contributed by atoms with Gasteiger partial charge in [0.05, 0.1) is 0 Å². The Morgan fingerprint density at radius 2 is 1.12 bits per heavy atom. The number of rotatable bonds is 17. The molecule has 0 saturated heterocycles. The van der Waals surface area contributed by atoms with Gasteiger partial charge in [-0.05, 0) is 27.2 Å². The van der Waals surface area contributed by atoms with Crippen LogP contribution in [-0.4, -0.2) is 17.4 Å². The normalized spacial score (nSPS) is 11.5. The lowest BCUT2D eigenvalue weighted by Crippen LogP contribution is -2.30. The summed E-state index contributed by atoms with van der Waals surface area (Å²) in [5.74, 6) is -0.118. The van der Waals surface area contributed by atoms with Gasteiger partial charge in [-0.3, -0.25) is 9.59 Å². The van der Waals surface area contributed by atoms with E-state index in [4.69, 9.17) is 4.74 Å². The minimum Gasteiger partial charge on any atom is -0.459 e. The topological polar surface area (TPSA) is 43.4 Å². The third kappa shape index (κ3) is 17.7. The minimum absolute atomic E-state index is 0.0544. The van der Waals surface area contributed by atoms with Gasteiger partial charge in [-0.1, -0.05) is 84.0 Å². The summed E-state index contributed by atoms with van der Waals surface area (Å²) in [6.45, 7) is 7.40. The molecule has 0 aromatic carbocycles. The van der Waals surface area contributed by atoms with Gasteiger partial charge in [0.25, 0.3) is 0 Å². The van der Waals surface area contributed by atoms with Crippen LogP contribution in [-0.2, 0) is 14.3 Å². The SMILES string of the molecule is CCCCCCCCCCCCCCCC(=O)OC(C)(C)CC(C)=O. The fourth-order valence-corrected chi connectivity index (χ4v) is 3.28. The maximum atomic E-state index is 11.8. The van der Waals surface area contributed by atoms with Crippen molar-refractivity contribution in [2.24, 2.45) is 0 Å². The first-order valence-electron chi connectivity index (χ1n) is 10.6. The van der Waals surface area contributed by atoms with Gasteiger partial charge in [-0.2, -0.15) is 0 Å². The van der Waals surface area contributed by atoms with E-state index in [2.05, 4.69) is 6.92 Å². The number of ether oxygens (including phenoxy) is 1. The van der Waals surface area contributed by atoms with E-state index in [0.29, 0.717) is 6.42 Å². The van der Waals surface area contributed by atoms with Crippen LogP contribution in [0.25, 0.3) is 0 Å². The first-order valence-corrected chi connectivity index (χ1v) is 10.6. The largest absolute Gasteiger partial charge is 0.459 e. The predicted octanol–water partition coefficient (Wildman–Crippen LogP) is 6.77. The number of hydrogen-bond donors (Lipinski definition) is 0. The third-order valence-electron chi connectivity index (χ3n) is 4.55. The molecule has 25 heavy (non-hydrogen) atoms. The molecule has 0 atom stereocenters. The summed E-state index contributed by atoms with van der Waals surface area (Å²) in [5, 5.41) is 0. The number of unbranched alkanes of at least 4 members (excludes halogenated alkanes) is 12. The maximum absolute atomic E-state index is 11.8. The number of carbonyl (C=O) groups excluding carboxylic acids is 2. The van der Waals surface area contributed by atoms with Crippen LogP contribution in [0.15, 0.2) is 0 Å². The molecular formula is C22H42O3. The molecule has 0 aliphatic rings. The van der Waals surface area contributed by atoms with Gasteiger partial charge in [-0.15, -0.1) is 0 Å². The fraction of sp³-hybridized carbons (Fsp3) is 0.909. The standard InChI is InChI=1S/C22H42O3/c1-5-6-7-8-9-10-11-12-13-14-15-16-17-18-21(24)25-22(3,4)19-20(2)23/h5-19H2,1-4H3. The maximum Gasteiger partial charge on any atom is 0.306 e. The van der Waals surface area contributed by atoms with Gasteiger partial charge in [0.1, 0.15) is 11.4 Å². The summed E-state index contributed by atoms with van der Waals surface area (Å²) >= 11 is 0. The van der Waals surface area contributed by atoms with Crippen LogP contribution < -0.4 is 0 Å². The first-order chi connectivity index (χ1) is 11.9. The van der Waals surface area contributed by atoms with Gasteiger partial charge in [-0.25, -0.2) is 0 Å². The molecule has 0 rings (SSSR count).